The van der Waals surface area contributed by atoms with Gasteiger partial charge in [-0.2, -0.15) is 10.2 Å². The first-order valence-corrected chi connectivity index (χ1v) is 28.7. The number of ketones is 2. The van der Waals surface area contributed by atoms with E-state index in [9.17, 15) is 14.4 Å². The van der Waals surface area contributed by atoms with E-state index >= 15 is 0 Å². The zero-order valence-corrected chi connectivity index (χ0v) is 47.1. The Labute approximate surface area is 462 Å². The van der Waals surface area contributed by atoms with Crippen molar-refractivity contribution in [2.45, 2.75) is 170 Å². The number of pyridine rings is 2. The van der Waals surface area contributed by atoms with Gasteiger partial charge in [-0.05, 0) is 189 Å². The predicted octanol–water partition coefficient (Wildman–Crippen LogP) is 12.1. The smallest absolute Gasteiger partial charge is 0.410 e. The number of aromatic nitrogens is 10. The first-order chi connectivity index (χ1) is 38.3. The van der Waals surface area contributed by atoms with Crippen molar-refractivity contribution in [3.05, 3.63) is 106 Å². The zero-order valence-electron chi connectivity index (χ0n) is 47.1. The van der Waals surface area contributed by atoms with Gasteiger partial charge in [-0.15, -0.1) is 0 Å². The molecular weight excluding hydrogens is 993 g/mol. The first-order valence-electron chi connectivity index (χ1n) is 28.7. The van der Waals surface area contributed by atoms with Crippen LogP contribution in [0, 0.1) is 13.8 Å². The number of nitrogens with one attached hydrogen (secondary N) is 4. The topological polar surface area (TPSA) is 215 Å². The van der Waals surface area contributed by atoms with Gasteiger partial charge in [0, 0.05) is 90.6 Å². The van der Waals surface area contributed by atoms with E-state index in [-0.39, 0.29) is 23.9 Å². The second-order valence-corrected chi connectivity index (χ2v) is 22.4. The Bertz CT molecular complexity index is 3420. The third-order valence-corrected chi connectivity index (χ3v) is 15.6. The number of benzene rings is 2. The van der Waals surface area contributed by atoms with E-state index in [1.165, 1.54) is 59.6 Å². The average Bonchev–Trinajstić information content (AvgIpc) is 4.49. The molecule has 12 rings (SSSR count). The molecule has 1 saturated carbocycles. The van der Waals surface area contributed by atoms with Crippen molar-refractivity contribution in [3.8, 4) is 45.3 Å². The lowest BCUT2D eigenvalue weighted by molar-refractivity contribution is -0.137. The van der Waals surface area contributed by atoms with Crippen molar-refractivity contribution in [2.75, 3.05) is 19.7 Å². The highest BCUT2D eigenvalue weighted by atomic mass is 16.6. The number of carbonyl (C=O) groups excluding carboxylic acids is 3. The zero-order chi connectivity index (χ0) is 55.2. The summed E-state index contributed by atoms with van der Waals surface area (Å²) < 4.78 is 13.9. The number of Topliss-reactive ketones (excluding diaryl/α,β-unsaturated/α-hetero) is 2. The molecule has 2 fully saturated rings. The van der Waals surface area contributed by atoms with Gasteiger partial charge in [0.05, 0.1) is 29.0 Å². The van der Waals surface area contributed by atoms with Gasteiger partial charge >= 0.3 is 6.09 Å². The minimum atomic E-state index is -0.548. The largest absolute Gasteiger partial charge is 0.444 e. The number of carbonyl (C=O) groups is 3. The lowest BCUT2D eigenvalue weighted by Gasteiger charge is -2.27. The summed E-state index contributed by atoms with van der Waals surface area (Å²) in [5, 5.41) is 18.4. The standard InChI is InChI=1S/C33H42N6O3.C23H26N6.C6H8O2/c1-6-38(32(40)42-33(3,4)5)20-23-18-34-19-25(21(23)2)22-14-15-28-24(17-22)30(37-39(28)29-13-9-10-16-41-29)31-35-26-11-7-8-12-27(26)36-31;1-3-24-11-16-12-25-13-18(14(16)2)15-8-9-19-17(10-15)22(29-28-19)23-26-20-6-4-5-7-21(20)27-23;7-5-3-1-2-4-6(5)8/h14-15,17-19,29H,6-13,16,20H2,1-5H3,(H,35,36);8-10,12-13,24H,3-7,11H2,1-2H3,(H,26,27)(H,28,29);1-4H2. The second-order valence-electron chi connectivity index (χ2n) is 22.4. The number of hydrogen-bond acceptors (Lipinski definition) is 12. The van der Waals surface area contributed by atoms with Crippen LogP contribution in [0.1, 0.15) is 157 Å². The summed E-state index contributed by atoms with van der Waals surface area (Å²) in [6.45, 7) is 17.5. The van der Waals surface area contributed by atoms with Crippen LogP contribution in [0.25, 0.3) is 67.1 Å². The van der Waals surface area contributed by atoms with Gasteiger partial charge < -0.3 is 29.7 Å². The number of aromatic amines is 3. The van der Waals surface area contributed by atoms with Gasteiger partial charge in [0.25, 0.3) is 0 Å². The maximum atomic E-state index is 12.8. The maximum Gasteiger partial charge on any atom is 0.410 e. The van der Waals surface area contributed by atoms with Crippen LogP contribution in [0.2, 0.25) is 0 Å². The fourth-order valence-electron chi connectivity index (χ4n) is 11.1. The van der Waals surface area contributed by atoms with Crippen LogP contribution in [-0.4, -0.2) is 97.7 Å². The van der Waals surface area contributed by atoms with E-state index in [1.54, 1.807) is 4.90 Å². The minimum Gasteiger partial charge on any atom is -0.444 e. The van der Waals surface area contributed by atoms with Crippen LogP contribution in [0.15, 0.2) is 61.2 Å². The molecule has 414 valence electrons. The summed E-state index contributed by atoms with van der Waals surface area (Å²) in [6, 6.07) is 12.9. The highest BCUT2D eigenvalue weighted by Crippen LogP contribution is 2.38. The van der Waals surface area contributed by atoms with Crippen LogP contribution in [0.4, 0.5) is 4.79 Å². The Hall–Kier alpha value is -7.37. The molecule has 0 radical (unpaired) electrons. The third-order valence-electron chi connectivity index (χ3n) is 15.6. The molecular formula is C62H76N12O5. The molecule has 7 heterocycles. The van der Waals surface area contributed by atoms with Gasteiger partial charge in [0.1, 0.15) is 17.0 Å². The van der Waals surface area contributed by atoms with Crippen LogP contribution in [-0.2, 0) is 57.8 Å². The van der Waals surface area contributed by atoms with Crippen molar-refractivity contribution in [1.82, 2.24) is 60.1 Å². The van der Waals surface area contributed by atoms with Crippen LogP contribution in [0.3, 0.4) is 0 Å². The SMILES string of the molecule is CCN(Cc1cncc(-c2ccc3c(c2)c(-c2nc4c([nH]2)CCCC4)nn3C2CCCCO2)c1C)C(=O)OC(C)(C)C.CCNCc1cncc(-c2ccc3[nH]nc(-c4nc5c([nH]4)CCCC5)c3c2)c1C.O=C1CCCCC1=O. The number of amides is 1. The van der Waals surface area contributed by atoms with E-state index in [1.807, 2.05) is 52.5 Å². The molecule has 1 amide bonds. The second kappa shape index (κ2) is 24.3. The Morgan fingerprint density at radius 1 is 0.734 bits per heavy atom. The molecule has 3 aliphatic carbocycles. The molecule has 1 aliphatic heterocycles. The molecule has 4 aliphatic rings. The minimum absolute atomic E-state index is 0.0787. The quantitative estimate of drug-likeness (QED) is 0.0890. The van der Waals surface area contributed by atoms with Crippen LogP contribution < -0.4 is 5.32 Å². The van der Waals surface area contributed by atoms with Gasteiger partial charge in [-0.25, -0.2) is 19.4 Å². The van der Waals surface area contributed by atoms with Gasteiger partial charge in [0.2, 0.25) is 0 Å². The Kier molecular flexibility index (Phi) is 16.9. The fourth-order valence-corrected chi connectivity index (χ4v) is 11.1. The Balaban J connectivity index is 0.000000163. The van der Waals surface area contributed by atoms with Crippen molar-refractivity contribution in [2.24, 2.45) is 0 Å². The lowest BCUT2D eigenvalue weighted by Crippen LogP contribution is -2.36. The number of rotatable bonds is 11. The molecule has 1 unspecified atom stereocenters. The van der Waals surface area contributed by atoms with Gasteiger partial charge in [0.15, 0.2) is 29.4 Å². The fraction of sp³-hybridized carbons (Fsp3) is 0.468. The molecule has 17 heteroatoms. The Morgan fingerprint density at radius 2 is 1.33 bits per heavy atom. The molecule has 2 aromatic carbocycles. The number of H-pyrrole nitrogens is 3. The monoisotopic (exact) mass is 1070 g/mol. The number of nitrogens with zero attached hydrogens (tertiary/aromatic N) is 8. The van der Waals surface area contributed by atoms with Crippen molar-refractivity contribution < 1.29 is 23.9 Å². The van der Waals surface area contributed by atoms with Gasteiger partial charge in [-0.1, -0.05) is 19.1 Å². The molecule has 17 nitrogen and oxygen atoms in total. The molecule has 6 aromatic heterocycles. The maximum absolute atomic E-state index is 12.8. The van der Waals surface area contributed by atoms with Crippen molar-refractivity contribution in [1.29, 1.82) is 0 Å². The summed E-state index contributed by atoms with van der Waals surface area (Å²) in [4.78, 5) is 61.5. The predicted molar refractivity (Wildman–Crippen MR) is 307 cm³/mol. The normalized spacial score (nSPS) is 16.4. The highest BCUT2D eigenvalue weighted by molar-refractivity contribution is 6.37. The number of fused-ring (bicyclic) bond motifs is 4. The number of aryl methyl sites for hydroxylation is 4. The molecule has 4 N–H and O–H groups in total. The van der Waals surface area contributed by atoms with Gasteiger partial charge in [-0.3, -0.25) is 24.7 Å². The summed E-state index contributed by atoms with van der Waals surface area (Å²) in [6.07, 6.45) is 22.2. The number of hydrogen-bond donors (Lipinski definition) is 4. The molecule has 1 atom stereocenters. The van der Waals surface area contributed by atoms with E-state index < -0.39 is 5.60 Å². The molecule has 0 bridgehead atoms. The molecule has 1 saturated heterocycles. The number of imidazole rings is 2. The van der Waals surface area contributed by atoms with E-state index in [0.717, 1.165) is 156 Å². The van der Waals surface area contributed by atoms with E-state index in [0.29, 0.717) is 25.9 Å². The third kappa shape index (κ3) is 12.4. The summed E-state index contributed by atoms with van der Waals surface area (Å²) in [7, 11) is 0. The molecule has 0 spiro atoms. The lowest BCUT2D eigenvalue weighted by atomic mass is 9.97. The first kappa shape index (κ1) is 55.0. The summed E-state index contributed by atoms with van der Waals surface area (Å²) in [5.74, 6) is 1.36. The number of ether oxygens (including phenoxy) is 2. The summed E-state index contributed by atoms with van der Waals surface area (Å²) >= 11 is 0. The highest BCUT2D eigenvalue weighted by Gasteiger charge is 2.27. The summed E-state index contributed by atoms with van der Waals surface area (Å²) in [5.41, 5.74) is 17.1. The molecule has 79 heavy (non-hydrogen) atoms. The van der Waals surface area contributed by atoms with Crippen molar-refractivity contribution in [3.63, 3.8) is 0 Å². The Morgan fingerprint density at radius 3 is 1.92 bits per heavy atom. The average molecular weight is 1070 g/mol. The van der Waals surface area contributed by atoms with Crippen LogP contribution in [0.5, 0.6) is 0 Å². The van der Waals surface area contributed by atoms with E-state index in [4.69, 9.17) is 24.5 Å². The van der Waals surface area contributed by atoms with Crippen LogP contribution >= 0.6 is 0 Å². The molecule has 8 aromatic rings. The van der Waals surface area contributed by atoms with E-state index in [2.05, 4.69) is 97.3 Å². The van der Waals surface area contributed by atoms with Crippen molar-refractivity contribution >= 4 is 39.5 Å².